The quantitative estimate of drug-likeness (QED) is 0.780. The Morgan fingerprint density at radius 2 is 1.71 bits per heavy atom. The Labute approximate surface area is 153 Å². The summed E-state index contributed by atoms with van der Waals surface area (Å²) in [5.74, 6) is 3.21. The lowest BCUT2D eigenvalue weighted by molar-refractivity contribution is 0.180. The van der Waals surface area contributed by atoms with Gasteiger partial charge in [-0.15, -0.1) is 23.5 Å². The average molecular weight is 361 g/mol. The molecule has 2 aromatic carbocycles. The number of hydrogen-bond acceptors (Lipinski definition) is 4. The minimum atomic E-state index is -0.294. The molecule has 24 heavy (non-hydrogen) atoms. The van der Waals surface area contributed by atoms with Crippen molar-refractivity contribution in [2.24, 2.45) is 0 Å². The maximum atomic E-state index is 9.94. The molecule has 1 fully saturated rings. The van der Waals surface area contributed by atoms with Gasteiger partial charge in [-0.3, -0.25) is 0 Å². The Morgan fingerprint density at radius 3 is 2.33 bits per heavy atom. The summed E-state index contributed by atoms with van der Waals surface area (Å²) in [6.07, 6.45) is 1.74. The van der Waals surface area contributed by atoms with Gasteiger partial charge >= 0.3 is 0 Å². The van der Waals surface area contributed by atoms with Crippen LogP contribution in [-0.4, -0.2) is 22.7 Å². The molecule has 1 saturated heterocycles. The van der Waals surface area contributed by atoms with Crippen molar-refractivity contribution in [1.29, 1.82) is 0 Å². The maximum Gasteiger partial charge on any atom is 0.119 e. The molecule has 0 radical (unpaired) electrons. The number of benzene rings is 2. The van der Waals surface area contributed by atoms with Crippen LogP contribution in [-0.2, 0) is 10.7 Å². The number of aliphatic hydroxyl groups is 1. The topological polar surface area (TPSA) is 29.5 Å². The molecule has 4 heteroatoms. The van der Waals surface area contributed by atoms with Crippen molar-refractivity contribution in [3.05, 3.63) is 65.7 Å². The summed E-state index contributed by atoms with van der Waals surface area (Å²) in [6.45, 7) is 2.47. The van der Waals surface area contributed by atoms with Crippen LogP contribution in [0, 0.1) is 0 Å². The first-order chi connectivity index (χ1) is 11.7. The van der Waals surface area contributed by atoms with Crippen molar-refractivity contribution in [2.45, 2.75) is 36.6 Å². The lowest BCUT2D eigenvalue weighted by atomic mass is 10.1. The van der Waals surface area contributed by atoms with Gasteiger partial charge in [-0.2, -0.15) is 0 Å². The van der Waals surface area contributed by atoms with E-state index >= 15 is 0 Å². The molecule has 128 valence electrons. The molecule has 0 saturated carbocycles. The van der Waals surface area contributed by atoms with E-state index in [0.29, 0.717) is 6.61 Å². The highest BCUT2D eigenvalue weighted by Crippen LogP contribution is 2.53. The largest absolute Gasteiger partial charge is 0.489 e. The summed E-state index contributed by atoms with van der Waals surface area (Å²) >= 11 is 3.94. The van der Waals surface area contributed by atoms with E-state index < -0.39 is 0 Å². The molecule has 1 aliphatic rings. The van der Waals surface area contributed by atoms with Gasteiger partial charge in [0.05, 0.1) is 10.2 Å². The van der Waals surface area contributed by atoms with Gasteiger partial charge in [0.1, 0.15) is 12.4 Å². The first-order valence-corrected chi connectivity index (χ1v) is 10.4. The van der Waals surface area contributed by atoms with Gasteiger partial charge in [0.2, 0.25) is 0 Å². The molecular weight excluding hydrogens is 336 g/mol. The zero-order valence-corrected chi connectivity index (χ0v) is 15.6. The van der Waals surface area contributed by atoms with Gasteiger partial charge in [0.25, 0.3) is 0 Å². The third-order valence-corrected chi connectivity index (χ3v) is 7.50. The van der Waals surface area contributed by atoms with Crippen LogP contribution in [0.5, 0.6) is 5.75 Å². The van der Waals surface area contributed by atoms with E-state index in [0.717, 1.165) is 23.7 Å². The summed E-state index contributed by atoms with van der Waals surface area (Å²) in [5.41, 5.74) is 2.45. The molecule has 0 bridgehead atoms. The standard InChI is InChI=1S/C20H24O2S2/c1-16(21)14-20(23-12-5-13-24-20)18-8-10-19(11-9-18)22-15-17-6-3-2-4-7-17/h2-4,6-11,16,21H,5,12-15H2,1H3/t16-/m1/s1. The van der Waals surface area contributed by atoms with Crippen LogP contribution in [0.15, 0.2) is 54.6 Å². The average Bonchev–Trinajstić information content (AvgIpc) is 2.61. The zero-order chi connectivity index (χ0) is 16.8. The zero-order valence-electron chi connectivity index (χ0n) is 14.0. The molecule has 0 aromatic heterocycles. The monoisotopic (exact) mass is 360 g/mol. The van der Waals surface area contributed by atoms with E-state index in [1.165, 1.54) is 17.5 Å². The van der Waals surface area contributed by atoms with E-state index in [9.17, 15) is 5.11 Å². The van der Waals surface area contributed by atoms with Crippen LogP contribution in [0.25, 0.3) is 0 Å². The fourth-order valence-corrected chi connectivity index (χ4v) is 6.49. The van der Waals surface area contributed by atoms with E-state index in [-0.39, 0.29) is 10.2 Å². The van der Waals surface area contributed by atoms with Gasteiger partial charge in [-0.1, -0.05) is 42.5 Å². The first kappa shape index (κ1) is 17.7. The van der Waals surface area contributed by atoms with Crippen molar-refractivity contribution in [2.75, 3.05) is 11.5 Å². The number of rotatable bonds is 6. The Morgan fingerprint density at radius 1 is 1.04 bits per heavy atom. The minimum Gasteiger partial charge on any atom is -0.489 e. The van der Waals surface area contributed by atoms with Crippen molar-refractivity contribution in [1.82, 2.24) is 0 Å². The predicted octanol–water partition coefficient (Wildman–Crippen LogP) is 5.06. The summed E-state index contributed by atoms with van der Waals surface area (Å²) in [7, 11) is 0. The molecule has 0 spiro atoms. The minimum absolute atomic E-state index is 0.0234. The normalized spacial score (nSPS) is 18.1. The fraction of sp³-hybridized carbons (Fsp3) is 0.400. The second-order valence-corrected chi connectivity index (χ2v) is 9.20. The molecule has 2 nitrogen and oxygen atoms in total. The summed E-state index contributed by atoms with van der Waals surface area (Å²) in [4.78, 5) is 0. The van der Waals surface area contributed by atoms with E-state index in [2.05, 4.69) is 36.4 Å². The summed E-state index contributed by atoms with van der Waals surface area (Å²) in [6, 6.07) is 18.6. The molecule has 2 aromatic rings. The molecule has 0 aliphatic carbocycles. The van der Waals surface area contributed by atoms with Crippen molar-refractivity contribution < 1.29 is 9.84 Å². The number of aliphatic hydroxyl groups excluding tert-OH is 1. The van der Waals surface area contributed by atoms with Crippen LogP contribution in [0.1, 0.15) is 30.9 Å². The molecule has 0 amide bonds. The number of hydrogen-bond donors (Lipinski definition) is 1. The molecular formula is C20H24O2S2. The Kier molecular flexibility index (Phi) is 6.14. The molecule has 0 unspecified atom stereocenters. The second kappa shape index (κ2) is 8.32. The summed E-state index contributed by atoms with van der Waals surface area (Å²) < 4.78 is 5.86. The molecule has 1 atom stereocenters. The Balaban J connectivity index is 1.70. The van der Waals surface area contributed by atoms with Gasteiger partial charge in [0, 0.05) is 6.42 Å². The third-order valence-electron chi connectivity index (χ3n) is 4.07. The van der Waals surface area contributed by atoms with Gasteiger partial charge < -0.3 is 9.84 Å². The first-order valence-electron chi connectivity index (χ1n) is 8.41. The molecule has 1 heterocycles. The Bertz CT molecular complexity index is 620. The summed E-state index contributed by atoms with van der Waals surface area (Å²) in [5, 5.41) is 9.94. The van der Waals surface area contributed by atoms with Crippen LogP contribution in [0.2, 0.25) is 0 Å². The highest BCUT2D eigenvalue weighted by Gasteiger charge is 2.36. The van der Waals surface area contributed by atoms with Crippen molar-refractivity contribution in [3.63, 3.8) is 0 Å². The SMILES string of the molecule is C[C@@H](O)CC1(c2ccc(OCc3ccccc3)cc2)SCCCS1. The van der Waals surface area contributed by atoms with Crippen LogP contribution in [0.3, 0.4) is 0 Å². The third kappa shape index (κ3) is 4.50. The van der Waals surface area contributed by atoms with Crippen molar-refractivity contribution >= 4 is 23.5 Å². The Hall–Kier alpha value is -1.10. The smallest absolute Gasteiger partial charge is 0.119 e. The van der Waals surface area contributed by atoms with Crippen molar-refractivity contribution in [3.8, 4) is 5.75 Å². The van der Waals surface area contributed by atoms with Crippen LogP contribution >= 0.6 is 23.5 Å². The van der Waals surface area contributed by atoms with Crippen LogP contribution in [0.4, 0.5) is 0 Å². The van der Waals surface area contributed by atoms with Gasteiger partial charge in [0.15, 0.2) is 0 Å². The fourth-order valence-electron chi connectivity index (χ4n) is 2.91. The van der Waals surface area contributed by atoms with E-state index in [4.69, 9.17) is 4.74 Å². The van der Waals surface area contributed by atoms with E-state index in [1.54, 1.807) is 0 Å². The maximum absolute atomic E-state index is 9.94. The highest BCUT2D eigenvalue weighted by molar-refractivity contribution is 8.18. The number of ether oxygens (including phenoxy) is 1. The second-order valence-electron chi connectivity index (χ2n) is 6.16. The lowest BCUT2D eigenvalue weighted by Crippen LogP contribution is -2.27. The molecule has 1 N–H and O–H groups in total. The molecule has 3 rings (SSSR count). The van der Waals surface area contributed by atoms with Gasteiger partial charge in [-0.05, 0) is 48.1 Å². The predicted molar refractivity (Wildman–Crippen MR) is 105 cm³/mol. The van der Waals surface area contributed by atoms with Gasteiger partial charge in [-0.25, -0.2) is 0 Å². The van der Waals surface area contributed by atoms with Crippen LogP contribution < -0.4 is 4.74 Å². The molecule has 1 aliphatic heterocycles. The number of thioether (sulfide) groups is 2. The highest BCUT2D eigenvalue weighted by atomic mass is 32.2. The lowest BCUT2D eigenvalue weighted by Gasteiger charge is -2.37. The van der Waals surface area contributed by atoms with E-state index in [1.807, 2.05) is 48.6 Å².